The molecule has 1 aromatic heterocycles. The molecule has 0 bridgehead atoms. The molecular weight excluding hydrogens is 315 g/mol. The summed E-state index contributed by atoms with van der Waals surface area (Å²) in [6.07, 6.45) is 0.981. The number of aromatic nitrogens is 1. The fourth-order valence-corrected chi connectivity index (χ4v) is 3.22. The van der Waals surface area contributed by atoms with Gasteiger partial charge in [0.25, 0.3) is 0 Å². The SMILES string of the molecule is Fc1cc(Cl)ccc1COc1cccc2c3c([nH]c12)CCNC3. The van der Waals surface area contributed by atoms with Crippen molar-refractivity contribution >= 4 is 22.5 Å². The summed E-state index contributed by atoms with van der Waals surface area (Å²) in [6.45, 7) is 2.01. The molecule has 2 heterocycles. The number of ether oxygens (including phenoxy) is 1. The largest absolute Gasteiger partial charge is 0.487 e. The molecule has 0 amide bonds. The third kappa shape index (κ3) is 2.69. The Hall–Kier alpha value is -2.04. The normalized spacial score (nSPS) is 14.0. The molecule has 0 unspecified atom stereocenters. The summed E-state index contributed by atoms with van der Waals surface area (Å²) in [5.41, 5.74) is 4.03. The lowest BCUT2D eigenvalue weighted by atomic mass is 10.1. The van der Waals surface area contributed by atoms with E-state index in [0.717, 1.165) is 30.8 Å². The zero-order valence-electron chi connectivity index (χ0n) is 12.5. The van der Waals surface area contributed by atoms with Gasteiger partial charge in [0.15, 0.2) is 0 Å². The van der Waals surface area contributed by atoms with Crippen LogP contribution in [-0.2, 0) is 19.6 Å². The highest BCUT2D eigenvalue weighted by Crippen LogP contribution is 2.31. The van der Waals surface area contributed by atoms with Crippen LogP contribution in [0.25, 0.3) is 10.9 Å². The quantitative estimate of drug-likeness (QED) is 0.755. The Morgan fingerprint density at radius 3 is 3.00 bits per heavy atom. The van der Waals surface area contributed by atoms with Crippen molar-refractivity contribution < 1.29 is 9.13 Å². The zero-order valence-corrected chi connectivity index (χ0v) is 13.2. The van der Waals surface area contributed by atoms with E-state index in [9.17, 15) is 4.39 Å². The second-order valence-electron chi connectivity index (χ2n) is 5.71. The van der Waals surface area contributed by atoms with Crippen LogP contribution < -0.4 is 10.1 Å². The molecule has 0 saturated carbocycles. The Morgan fingerprint density at radius 1 is 1.22 bits per heavy atom. The van der Waals surface area contributed by atoms with Crippen LogP contribution >= 0.6 is 11.6 Å². The van der Waals surface area contributed by atoms with Crippen LogP contribution in [0.5, 0.6) is 5.75 Å². The average molecular weight is 331 g/mol. The molecule has 1 aliphatic rings. The maximum atomic E-state index is 13.9. The molecule has 0 spiro atoms. The summed E-state index contributed by atoms with van der Waals surface area (Å²) < 4.78 is 19.7. The van der Waals surface area contributed by atoms with E-state index in [-0.39, 0.29) is 12.4 Å². The van der Waals surface area contributed by atoms with E-state index in [2.05, 4.69) is 16.4 Å². The minimum absolute atomic E-state index is 0.171. The van der Waals surface area contributed by atoms with Gasteiger partial charge in [0.05, 0.1) is 5.52 Å². The van der Waals surface area contributed by atoms with Crippen molar-refractivity contribution in [3.8, 4) is 5.75 Å². The number of benzene rings is 2. The van der Waals surface area contributed by atoms with Gasteiger partial charge in [-0.15, -0.1) is 0 Å². The highest BCUT2D eigenvalue weighted by Gasteiger charge is 2.17. The molecule has 1 aliphatic heterocycles. The van der Waals surface area contributed by atoms with Crippen molar-refractivity contribution in [1.29, 1.82) is 0 Å². The Balaban J connectivity index is 1.65. The van der Waals surface area contributed by atoms with Gasteiger partial charge in [-0.25, -0.2) is 4.39 Å². The predicted molar refractivity (Wildman–Crippen MR) is 89.5 cm³/mol. The van der Waals surface area contributed by atoms with Crippen molar-refractivity contribution in [3.63, 3.8) is 0 Å². The Morgan fingerprint density at radius 2 is 2.13 bits per heavy atom. The Bertz CT molecular complexity index is 875. The third-order valence-corrected chi connectivity index (χ3v) is 4.48. The van der Waals surface area contributed by atoms with E-state index >= 15 is 0 Å². The van der Waals surface area contributed by atoms with Gasteiger partial charge < -0.3 is 15.0 Å². The molecule has 118 valence electrons. The van der Waals surface area contributed by atoms with E-state index in [1.807, 2.05) is 12.1 Å². The highest BCUT2D eigenvalue weighted by molar-refractivity contribution is 6.30. The zero-order chi connectivity index (χ0) is 15.8. The molecular formula is C18H16ClFN2O. The summed E-state index contributed by atoms with van der Waals surface area (Å²) in [4.78, 5) is 3.46. The fraction of sp³-hybridized carbons (Fsp3) is 0.222. The Labute approximate surface area is 138 Å². The molecule has 0 aliphatic carbocycles. The molecule has 3 nitrogen and oxygen atoms in total. The van der Waals surface area contributed by atoms with Crippen LogP contribution in [0.2, 0.25) is 5.02 Å². The monoisotopic (exact) mass is 330 g/mol. The standard InChI is InChI=1S/C18H16ClFN2O/c19-12-5-4-11(15(20)8-12)10-23-17-3-1-2-13-14-9-21-7-6-16(14)22-18(13)17/h1-5,8,21-22H,6-7,9-10H2. The van der Waals surface area contributed by atoms with Crippen molar-refractivity contribution in [3.05, 3.63) is 64.1 Å². The first-order chi connectivity index (χ1) is 11.2. The van der Waals surface area contributed by atoms with Crippen molar-refractivity contribution in [2.75, 3.05) is 6.54 Å². The number of rotatable bonds is 3. The van der Waals surface area contributed by atoms with Gasteiger partial charge in [-0.3, -0.25) is 0 Å². The van der Waals surface area contributed by atoms with Crippen LogP contribution in [0.4, 0.5) is 4.39 Å². The average Bonchev–Trinajstić information content (AvgIpc) is 2.93. The van der Waals surface area contributed by atoms with Crippen LogP contribution in [-0.4, -0.2) is 11.5 Å². The molecule has 3 aromatic rings. The second kappa shape index (κ2) is 5.87. The highest BCUT2D eigenvalue weighted by atomic mass is 35.5. The summed E-state index contributed by atoms with van der Waals surface area (Å²) in [7, 11) is 0. The van der Waals surface area contributed by atoms with E-state index in [1.54, 1.807) is 12.1 Å². The van der Waals surface area contributed by atoms with Crippen molar-refractivity contribution in [2.45, 2.75) is 19.6 Å². The van der Waals surface area contributed by atoms with Crippen molar-refractivity contribution in [2.24, 2.45) is 0 Å². The molecule has 2 N–H and O–H groups in total. The number of hydrogen-bond acceptors (Lipinski definition) is 2. The minimum atomic E-state index is -0.348. The lowest BCUT2D eigenvalue weighted by Gasteiger charge is -2.12. The Kier molecular flexibility index (Phi) is 3.71. The second-order valence-corrected chi connectivity index (χ2v) is 6.15. The van der Waals surface area contributed by atoms with Crippen LogP contribution in [0.1, 0.15) is 16.8 Å². The summed E-state index contributed by atoms with van der Waals surface area (Å²) in [5, 5.41) is 4.94. The lowest BCUT2D eigenvalue weighted by molar-refractivity contribution is 0.303. The van der Waals surface area contributed by atoms with Gasteiger partial charge in [-0.1, -0.05) is 29.8 Å². The first-order valence-corrected chi connectivity index (χ1v) is 8.00. The first kappa shape index (κ1) is 14.5. The minimum Gasteiger partial charge on any atom is -0.487 e. The fourth-order valence-electron chi connectivity index (χ4n) is 3.06. The molecule has 4 rings (SSSR count). The molecule has 0 atom stereocenters. The topological polar surface area (TPSA) is 37.0 Å². The van der Waals surface area contributed by atoms with Gasteiger partial charge in [0.1, 0.15) is 18.2 Å². The number of halogens is 2. The number of hydrogen-bond donors (Lipinski definition) is 2. The van der Waals surface area contributed by atoms with Gasteiger partial charge >= 0.3 is 0 Å². The van der Waals surface area contributed by atoms with Gasteiger partial charge in [0.2, 0.25) is 0 Å². The van der Waals surface area contributed by atoms with Gasteiger partial charge in [-0.05, 0) is 23.8 Å². The number of nitrogens with one attached hydrogen (secondary N) is 2. The molecule has 2 aromatic carbocycles. The van der Waals surface area contributed by atoms with Gasteiger partial charge in [0, 0.05) is 41.2 Å². The van der Waals surface area contributed by atoms with Crippen molar-refractivity contribution in [1.82, 2.24) is 10.3 Å². The first-order valence-electron chi connectivity index (χ1n) is 7.62. The molecule has 5 heteroatoms. The van der Waals surface area contributed by atoms with Gasteiger partial charge in [-0.2, -0.15) is 0 Å². The van der Waals surface area contributed by atoms with Crippen LogP contribution in [0, 0.1) is 5.82 Å². The smallest absolute Gasteiger partial charge is 0.143 e. The summed E-state index contributed by atoms with van der Waals surface area (Å²) in [5.74, 6) is 0.394. The number of fused-ring (bicyclic) bond motifs is 3. The van der Waals surface area contributed by atoms with E-state index < -0.39 is 0 Å². The van der Waals surface area contributed by atoms with E-state index in [4.69, 9.17) is 16.3 Å². The van der Waals surface area contributed by atoms with Crippen LogP contribution in [0.3, 0.4) is 0 Å². The number of H-pyrrole nitrogens is 1. The maximum Gasteiger partial charge on any atom is 0.143 e. The molecule has 0 fully saturated rings. The maximum absolute atomic E-state index is 13.9. The van der Waals surface area contributed by atoms with E-state index in [0.29, 0.717) is 10.6 Å². The third-order valence-electron chi connectivity index (χ3n) is 4.24. The summed E-state index contributed by atoms with van der Waals surface area (Å²) in [6, 6.07) is 10.6. The molecule has 23 heavy (non-hydrogen) atoms. The summed E-state index contributed by atoms with van der Waals surface area (Å²) >= 11 is 5.78. The molecule has 0 saturated heterocycles. The number of aromatic amines is 1. The van der Waals surface area contributed by atoms with E-state index in [1.165, 1.54) is 22.7 Å². The lowest BCUT2D eigenvalue weighted by Crippen LogP contribution is -2.22. The van der Waals surface area contributed by atoms with Crippen LogP contribution in [0.15, 0.2) is 36.4 Å². The number of para-hydroxylation sites is 1. The predicted octanol–water partition coefficient (Wildman–Crippen LogP) is 4.19. The molecule has 0 radical (unpaired) electrons.